The molecule has 2 saturated heterocycles. The van der Waals surface area contributed by atoms with Crippen molar-refractivity contribution in [3.8, 4) is 0 Å². The predicted molar refractivity (Wildman–Crippen MR) is 103 cm³/mol. The molecule has 0 aromatic carbocycles. The first kappa shape index (κ1) is 17.9. The molecule has 2 aliphatic rings. The Labute approximate surface area is 159 Å². The van der Waals surface area contributed by atoms with Gasteiger partial charge in [0.15, 0.2) is 0 Å². The van der Waals surface area contributed by atoms with Crippen molar-refractivity contribution in [2.24, 2.45) is 7.05 Å². The van der Waals surface area contributed by atoms with E-state index in [1.807, 2.05) is 30.3 Å². The average molecular weight is 369 g/mol. The fourth-order valence-corrected chi connectivity index (χ4v) is 3.88. The second-order valence-electron chi connectivity index (χ2n) is 7.21. The molecule has 2 fully saturated rings. The van der Waals surface area contributed by atoms with Crippen LogP contribution in [-0.2, 0) is 18.3 Å². The predicted octanol–water partition coefficient (Wildman–Crippen LogP) is 0.634. The highest BCUT2D eigenvalue weighted by atomic mass is 16.2. The van der Waals surface area contributed by atoms with Crippen LogP contribution in [0.25, 0.3) is 0 Å². The molecule has 8 nitrogen and oxygen atoms in total. The molecule has 0 aliphatic carbocycles. The van der Waals surface area contributed by atoms with Crippen molar-refractivity contribution in [3.63, 3.8) is 0 Å². The molecule has 0 spiro atoms. The van der Waals surface area contributed by atoms with Gasteiger partial charge in [-0.05, 0) is 25.0 Å². The number of anilines is 1. The van der Waals surface area contributed by atoms with Crippen molar-refractivity contribution in [3.05, 3.63) is 42.1 Å². The number of piperazine rings is 1. The van der Waals surface area contributed by atoms with Crippen LogP contribution < -0.4 is 15.8 Å². The van der Waals surface area contributed by atoms with Crippen LogP contribution in [-0.4, -0.2) is 57.6 Å². The molecule has 27 heavy (non-hydrogen) atoms. The number of hydrogen-bond acceptors (Lipinski definition) is 6. The van der Waals surface area contributed by atoms with E-state index < -0.39 is 0 Å². The molecule has 4 heterocycles. The molecule has 1 amide bonds. The van der Waals surface area contributed by atoms with Crippen LogP contribution in [0.2, 0.25) is 0 Å². The second kappa shape index (κ2) is 7.66. The minimum absolute atomic E-state index is 0.161. The van der Waals surface area contributed by atoms with Gasteiger partial charge in [-0.2, -0.15) is 0 Å². The third kappa shape index (κ3) is 3.68. The molecular formula is C19H27N7O. The summed E-state index contributed by atoms with van der Waals surface area (Å²) in [6.07, 6.45) is 5.32. The number of carbonyl (C=O) groups is 1. The lowest BCUT2D eigenvalue weighted by Gasteiger charge is -2.36. The second-order valence-corrected chi connectivity index (χ2v) is 7.21. The number of carbonyl (C=O) groups excluding carboxylic acids is 1. The Morgan fingerprint density at radius 1 is 1.22 bits per heavy atom. The summed E-state index contributed by atoms with van der Waals surface area (Å²) < 4.78 is 2.09. The van der Waals surface area contributed by atoms with E-state index in [2.05, 4.69) is 43.3 Å². The monoisotopic (exact) mass is 369 g/mol. The highest BCUT2D eigenvalue weighted by Crippen LogP contribution is 2.23. The van der Waals surface area contributed by atoms with Gasteiger partial charge in [-0.1, -0.05) is 6.92 Å². The Hall–Kier alpha value is -2.45. The maximum absolute atomic E-state index is 12.9. The van der Waals surface area contributed by atoms with Crippen LogP contribution in [0.5, 0.6) is 0 Å². The molecule has 2 aliphatic heterocycles. The zero-order valence-corrected chi connectivity index (χ0v) is 15.9. The van der Waals surface area contributed by atoms with E-state index in [0.717, 1.165) is 50.5 Å². The maximum Gasteiger partial charge on any atom is 0.241 e. The minimum atomic E-state index is -0.179. The number of nitrogens with one attached hydrogen (secondary N) is 2. The maximum atomic E-state index is 12.9. The third-order valence-corrected chi connectivity index (χ3v) is 5.53. The van der Waals surface area contributed by atoms with Gasteiger partial charge in [0.05, 0.1) is 6.04 Å². The van der Waals surface area contributed by atoms with E-state index in [0.29, 0.717) is 0 Å². The van der Waals surface area contributed by atoms with Gasteiger partial charge in [0, 0.05) is 56.9 Å². The van der Waals surface area contributed by atoms with Crippen molar-refractivity contribution < 1.29 is 4.79 Å². The first-order valence-electron chi connectivity index (χ1n) is 9.62. The molecule has 2 unspecified atom stereocenters. The van der Waals surface area contributed by atoms with Crippen molar-refractivity contribution >= 4 is 11.7 Å². The average Bonchev–Trinajstić information content (AvgIpc) is 3.36. The smallest absolute Gasteiger partial charge is 0.241 e. The molecule has 0 bridgehead atoms. The number of rotatable bonds is 4. The van der Waals surface area contributed by atoms with Gasteiger partial charge in [-0.25, -0.2) is 20.8 Å². The Morgan fingerprint density at radius 2 is 2.04 bits per heavy atom. The quantitative estimate of drug-likeness (QED) is 0.823. The topological polar surface area (TPSA) is 78.3 Å². The standard InChI is InChI=1S/C19H27N7O/c1-3-14-11-18(21-13-20-14)25-7-9-26(10-8-25)19(27)16-12-15(22-23-16)17-5-4-6-24(17)2/h4-6,11,13,15-16,22-23H,3,7-10,12H2,1-2H3. The number of aryl methyl sites for hydroxylation is 2. The van der Waals surface area contributed by atoms with Gasteiger partial charge < -0.3 is 14.4 Å². The summed E-state index contributed by atoms with van der Waals surface area (Å²) in [5.74, 6) is 1.13. The van der Waals surface area contributed by atoms with E-state index in [1.165, 1.54) is 5.69 Å². The van der Waals surface area contributed by atoms with E-state index in [9.17, 15) is 4.79 Å². The van der Waals surface area contributed by atoms with Gasteiger partial charge in [-0.3, -0.25) is 4.79 Å². The van der Waals surface area contributed by atoms with E-state index in [4.69, 9.17) is 0 Å². The number of hydrogen-bond donors (Lipinski definition) is 2. The Balaban J connectivity index is 1.33. The number of amides is 1. The molecule has 2 aromatic heterocycles. The molecule has 2 aromatic rings. The van der Waals surface area contributed by atoms with Crippen LogP contribution in [0.1, 0.15) is 30.8 Å². The number of nitrogens with zero attached hydrogens (tertiary/aromatic N) is 5. The van der Waals surface area contributed by atoms with E-state index >= 15 is 0 Å². The molecular weight excluding hydrogens is 342 g/mol. The van der Waals surface area contributed by atoms with Crippen molar-refractivity contribution in [2.45, 2.75) is 31.8 Å². The number of hydrazine groups is 1. The molecule has 8 heteroatoms. The molecule has 2 atom stereocenters. The van der Waals surface area contributed by atoms with Crippen LogP contribution >= 0.6 is 0 Å². The van der Waals surface area contributed by atoms with Gasteiger partial charge in [0.2, 0.25) is 5.91 Å². The highest BCUT2D eigenvalue weighted by Gasteiger charge is 2.34. The third-order valence-electron chi connectivity index (χ3n) is 5.53. The zero-order chi connectivity index (χ0) is 18.8. The lowest BCUT2D eigenvalue weighted by atomic mass is 10.1. The molecule has 4 rings (SSSR count). The van der Waals surface area contributed by atoms with Gasteiger partial charge in [-0.15, -0.1) is 0 Å². The molecule has 2 N–H and O–H groups in total. The van der Waals surface area contributed by atoms with E-state index in [1.54, 1.807) is 6.33 Å². The number of aromatic nitrogens is 3. The van der Waals surface area contributed by atoms with E-state index in [-0.39, 0.29) is 18.0 Å². The zero-order valence-electron chi connectivity index (χ0n) is 15.9. The van der Waals surface area contributed by atoms with Crippen molar-refractivity contribution in [1.82, 2.24) is 30.3 Å². The van der Waals surface area contributed by atoms with Gasteiger partial charge in [0.1, 0.15) is 18.2 Å². The van der Waals surface area contributed by atoms with Crippen LogP contribution in [0.3, 0.4) is 0 Å². The van der Waals surface area contributed by atoms with Crippen LogP contribution in [0.4, 0.5) is 5.82 Å². The fourth-order valence-electron chi connectivity index (χ4n) is 3.88. The van der Waals surface area contributed by atoms with Crippen LogP contribution in [0, 0.1) is 0 Å². The Morgan fingerprint density at radius 3 is 2.74 bits per heavy atom. The summed E-state index contributed by atoms with van der Waals surface area (Å²) >= 11 is 0. The SMILES string of the molecule is CCc1cc(N2CCN(C(=O)C3CC(c4cccn4C)NN3)CC2)ncn1. The minimum Gasteiger partial charge on any atom is -0.353 e. The Kier molecular flexibility index (Phi) is 5.09. The normalized spacial score (nSPS) is 23.0. The molecule has 0 saturated carbocycles. The summed E-state index contributed by atoms with van der Waals surface area (Å²) in [5, 5.41) is 0. The van der Waals surface area contributed by atoms with Crippen molar-refractivity contribution in [2.75, 3.05) is 31.1 Å². The molecule has 144 valence electrons. The highest BCUT2D eigenvalue weighted by molar-refractivity contribution is 5.82. The van der Waals surface area contributed by atoms with Gasteiger partial charge in [0.25, 0.3) is 0 Å². The summed E-state index contributed by atoms with van der Waals surface area (Å²) in [7, 11) is 2.03. The summed E-state index contributed by atoms with van der Waals surface area (Å²) in [5.41, 5.74) is 8.70. The first-order chi connectivity index (χ1) is 13.2. The molecule has 0 radical (unpaired) electrons. The lowest BCUT2D eigenvalue weighted by Crippen LogP contribution is -2.53. The Bertz CT molecular complexity index is 797. The fraction of sp³-hybridized carbons (Fsp3) is 0.526. The van der Waals surface area contributed by atoms with Crippen molar-refractivity contribution in [1.29, 1.82) is 0 Å². The van der Waals surface area contributed by atoms with Crippen LogP contribution in [0.15, 0.2) is 30.7 Å². The summed E-state index contributed by atoms with van der Waals surface area (Å²) in [6.45, 7) is 5.13. The lowest BCUT2D eigenvalue weighted by molar-refractivity contribution is -0.133. The largest absolute Gasteiger partial charge is 0.353 e. The summed E-state index contributed by atoms with van der Waals surface area (Å²) in [4.78, 5) is 25.8. The first-order valence-corrected chi connectivity index (χ1v) is 9.62. The van der Waals surface area contributed by atoms with Gasteiger partial charge >= 0.3 is 0 Å². The summed E-state index contributed by atoms with van der Waals surface area (Å²) in [6, 6.07) is 6.15.